The molecule has 2 N–H and O–H groups in total. The maximum atomic E-state index is 12.7. The number of anilines is 1. The minimum atomic E-state index is -0.296. The maximum Gasteiger partial charge on any atom is 0.257 e. The van der Waals surface area contributed by atoms with Gasteiger partial charge in [0.05, 0.1) is 28.2 Å². The van der Waals surface area contributed by atoms with E-state index in [4.69, 9.17) is 5.26 Å². The summed E-state index contributed by atoms with van der Waals surface area (Å²) >= 11 is 0. The van der Waals surface area contributed by atoms with E-state index in [1.54, 1.807) is 36.8 Å². The van der Waals surface area contributed by atoms with Crippen LogP contribution in [-0.2, 0) is 0 Å². The Morgan fingerprint density at radius 3 is 2.96 bits per heavy atom. The molecular weight excluding hydrogens is 316 g/mol. The molecule has 4 rings (SSSR count). The molecule has 3 heterocycles. The number of pyridine rings is 2. The van der Waals surface area contributed by atoms with E-state index < -0.39 is 0 Å². The van der Waals surface area contributed by atoms with Crippen molar-refractivity contribution in [1.82, 2.24) is 20.2 Å². The van der Waals surface area contributed by atoms with Gasteiger partial charge in [0.2, 0.25) is 0 Å². The van der Waals surface area contributed by atoms with Crippen molar-refractivity contribution < 1.29 is 4.79 Å². The average Bonchev–Trinajstić information content (AvgIpc) is 3.02. The number of carbonyl (C=O) groups excluding carboxylic acids is 1. The highest BCUT2D eigenvalue weighted by atomic mass is 16.1. The number of hydrogen-bond donors (Lipinski definition) is 2. The molecule has 0 spiro atoms. The molecule has 7 heteroatoms. The van der Waals surface area contributed by atoms with Crippen LogP contribution < -0.4 is 5.32 Å². The normalized spacial score (nSPS) is 10.7. The van der Waals surface area contributed by atoms with Gasteiger partial charge in [-0.05, 0) is 36.8 Å². The highest BCUT2D eigenvalue weighted by molar-refractivity contribution is 6.14. The minimum absolute atomic E-state index is 0.296. The van der Waals surface area contributed by atoms with Crippen molar-refractivity contribution in [2.75, 3.05) is 5.32 Å². The van der Waals surface area contributed by atoms with E-state index in [9.17, 15) is 4.79 Å². The molecule has 120 valence electrons. The number of aryl methyl sites for hydroxylation is 1. The van der Waals surface area contributed by atoms with Crippen LogP contribution in [0.3, 0.4) is 0 Å². The molecule has 3 aromatic heterocycles. The lowest BCUT2D eigenvalue weighted by molar-refractivity contribution is 0.102. The summed E-state index contributed by atoms with van der Waals surface area (Å²) in [7, 11) is 0. The van der Waals surface area contributed by atoms with Crippen LogP contribution >= 0.6 is 0 Å². The number of aromatic amines is 1. The topological polar surface area (TPSA) is 107 Å². The smallest absolute Gasteiger partial charge is 0.257 e. The van der Waals surface area contributed by atoms with Crippen molar-refractivity contribution in [1.29, 1.82) is 5.26 Å². The van der Waals surface area contributed by atoms with Gasteiger partial charge in [-0.2, -0.15) is 10.4 Å². The highest BCUT2D eigenvalue weighted by Gasteiger charge is 2.15. The number of aromatic nitrogens is 4. The summed E-state index contributed by atoms with van der Waals surface area (Å²) in [5, 5.41) is 20.4. The summed E-state index contributed by atoms with van der Waals surface area (Å²) in [5.41, 5.74) is 3.26. The summed E-state index contributed by atoms with van der Waals surface area (Å²) < 4.78 is 0. The fraction of sp³-hybridized carbons (Fsp3) is 0.0556. The highest BCUT2D eigenvalue weighted by Crippen LogP contribution is 2.25. The molecule has 0 aliphatic heterocycles. The number of nitrogens with zero attached hydrogens (tertiary/aromatic N) is 4. The second-order valence-electron chi connectivity index (χ2n) is 5.60. The van der Waals surface area contributed by atoms with Crippen LogP contribution in [0.15, 0.2) is 42.9 Å². The van der Waals surface area contributed by atoms with Crippen molar-refractivity contribution in [2.45, 2.75) is 6.92 Å². The molecule has 1 aromatic carbocycles. The van der Waals surface area contributed by atoms with Crippen LogP contribution in [0.5, 0.6) is 0 Å². The van der Waals surface area contributed by atoms with E-state index in [0.717, 1.165) is 10.9 Å². The second kappa shape index (κ2) is 5.69. The number of H-pyrrole nitrogens is 1. The quantitative estimate of drug-likeness (QED) is 0.588. The molecule has 0 saturated heterocycles. The Labute approximate surface area is 142 Å². The van der Waals surface area contributed by atoms with Gasteiger partial charge in [-0.25, -0.2) is 0 Å². The van der Waals surface area contributed by atoms with Gasteiger partial charge in [0.15, 0.2) is 5.82 Å². The first-order chi connectivity index (χ1) is 12.2. The first-order valence-corrected chi connectivity index (χ1v) is 7.56. The van der Waals surface area contributed by atoms with Gasteiger partial charge in [0, 0.05) is 29.4 Å². The lowest BCUT2D eigenvalue weighted by Gasteiger charge is -2.06. The standard InChI is InChI=1S/C18H12N6O/c1-10-6-13-16(7-11(10)8-19)23-24-17(13)22-18(25)12-2-5-21-15-3-4-20-9-14(12)15/h2-7,9H,1H3,(H2,22,23,24,25). The Morgan fingerprint density at radius 1 is 1.24 bits per heavy atom. The van der Waals surface area contributed by atoms with Gasteiger partial charge in [-0.3, -0.25) is 19.9 Å². The van der Waals surface area contributed by atoms with Crippen molar-refractivity contribution >= 4 is 33.5 Å². The number of hydrogen-bond acceptors (Lipinski definition) is 5. The van der Waals surface area contributed by atoms with Gasteiger partial charge in [0.25, 0.3) is 5.91 Å². The van der Waals surface area contributed by atoms with Crippen molar-refractivity contribution in [3.05, 3.63) is 59.5 Å². The number of fused-ring (bicyclic) bond motifs is 2. The van der Waals surface area contributed by atoms with E-state index in [-0.39, 0.29) is 5.91 Å². The third kappa shape index (κ3) is 2.46. The number of nitrogens with one attached hydrogen (secondary N) is 2. The van der Waals surface area contributed by atoms with Gasteiger partial charge in [-0.1, -0.05) is 0 Å². The van der Waals surface area contributed by atoms with E-state index in [1.807, 2.05) is 13.0 Å². The van der Waals surface area contributed by atoms with E-state index in [1.165, 1.54) is 0 Å². The Bertz CT molecular complexity index is 1170. The Morgan fingerprint density at radius 2 is 2.12 bits per heavy atom. The zero-order valence-corrected chi connectivity index (χ0v) is 13.2. The SMILES string of the molecule is Cc1cc2c(NC(=O)c3ccnc4ccncc34)n[nH]c2cc1C#N. The number of benzene rings is 1. The summed E-state index contributed by atoms with van der Waals surface area (Å²) in [4.78, 5) is 21.0. The number of rotatable bonds is 2. The first-order valence-electron chi connectivity index (χ1n) is 7.56. The largest absolute Gasteiger partial charge is 0.305 e. The predicted octanol–water partition coefficient (Wildman–Crippen LogP) is 2.94. The van der Waals surface area contributed by atoms with Gasteiger partial charge in [0.1, 0.15) is 0 Å². The molecule has 0 fully saturated rings. The van der Waals surface area contributed by atoms with Gasteiger partial charge < -0.3 is 5.32 Å². The van der Waals surface area contributed by atoms with Crippen molar-refractivity contribution in [3.8, 4) is 6.07 Å². The summed E-state index contributed by atoms with van der Waals surface area (Å²) in [6.07, 6.45) is 4.83. The van der Waals surface area contributed by atoms with Crippen LogP contribution in [-0.4, -0.2) is 26.1 Å². The number of amides is 1. The fourth-order valence-corrected chi connectivity index (χ4v) is 2.75. The summed E-state index contributed by atoms with van der Waals surface area (Å²) in [6, 6.07) is 9.09. The van der Waals surface area contributed by atoms with Gasteiger partial charge in [-0.15, -0.1) is 0 Å². The third-order valence-electron chi connectivity index (χ3n) is 4.05. The summed E-state index contributed by atoms with van der Waals surface area (Å²) in [5.74, 6) is 0.122. The molecule has 4 aromatic rings. The molecule has 0 aliphatic rings. The molecular formula is C18H12N6O. The minimum Gasteiger partial charge on any atom is -0.305 e. The average molecular weight is 328 g/mol. The van der Waals surface area contributed by atoms with Crippen LogP contribution in [0.25, 0.3) is 21.8 Å². The van der Waals surface area contributed by atoms with E-state index in [0.29, 0.717) is 33.4 Å². The monoisotopic (exact) mass is 328 g/mol. The van der Waals surface area contributed by atoms with Crippen LogP contribution in [0.2, 0.25) is 0 Å². The summed E-state index contributed by atoms with van der Waals surface area (Å²) in [6.45, 7) is 1.85. The Balaban J connectivity index is 1.75. The predicted molar refractivity (Wildman–Crippen MR) is 93.0 cm³/mol. The zero-order valence-electron chi connectivity index (χ0n) is 13.2. The third-order valence-corrected chi connectivity index (χ3v) is 4.05. The number of nitriles is 1. The first kappa shape index (κ1) is 14.8. The van der Waals surface area contributed by atoms with Crippen LogP contribution in [0, 0.1) is 18.3 Å². The molecule has 0 radical (unpaired) electrons. The molecule has 25 heavy (non-hydrogen) atoms. The van der Waals surface area contributed by atoms with Crippen molar-refractivity contribution in [2.24, 2.45) is 0 Å². The molecule has 7 nitrogen and oxygen atoms in total. The van der Waals surface area contributed by atoms with Crippen molar-refractivity contribution in [3.63, 3.8) is 0 Å². The molecule has 0 saturated carbocycles. The molecule has 0 atom stereocenters. The van der Waals surface area contributed by atoms with Crippen LogP contribution in [0.1, 0.15) is 21.5 Å². The lowest BCUT2D eigenvalue weighted by atomic mass is 10.1. The molecule has 0 bridgehead atoms. The fourth-order valence-electron chi connectivity index (χ4n) is 2.75. The lowest BCUT2D eigenvalue weighted by Crippen LogP contribution is -2.13. The zero-order chi connectivity index (χ0) is 17.4. The molecule has 1 amide bonds. The second-order valence-corrected chi connectivity index (χ2v) is 5.60. The van der Waals surface area contributed by atoms with E-state index in [2.05, 4.69) is 31.6 Å². The Kier molecular flexibility index (Phi) is 3.36. The molecule has 0 unspecified atom stereocenters. The number of carbonyl (C=O) groups is 1. The Hall–Kier alpha value is -3.79. The maximum absolute atomic E-state index is 12.7. The molecule has 0 aliphatic carbocycles. The van der Waals surface area contributed by atoms with E-state index >= 15 is 0 Å². The van der Waals surface area contributed by atoms with Crippen LogP contribution in [0.4, 0.5) is 5.82 Å². The van der Waals surface area contributed by atoms with Gasteiger partial charge >= 0.3 is 0 Å².